The molecule has 10 heteroatoms. The molecule has 6 atom stereocenters. The van der Waals surface area contributed by atoms with Gasteiger partial charge in [0.15, 0.2) is 17.3 Å². The van der Waals surface area contributed by atoms with Crippen molar-refractivity contribution in [2.75, 3.05) is 6.61 Å². The van der Waals surface area contributed by atoms with Gasteiger partial charge in [0.05, 0.1) is 13.0 Å². The first kappa shape index (κ1) is 21.3. The number of benzene rings is 2. The minimum atomic E-state index is -1.66. The molecule has 6 unspecified atom stereocenters. The van der Waals surface area contributed by atoms with Crippen LogP contribution in [0.5, 0.6) is 23.0 Å². The predicted molar refractivity (Wildman–Crippen MR) is 103 cm³/mol. The van der Waals surface area contributed by atoms with Crippen LogP contribution >= 0.6 is 0 Å². The lowest BCUT2D eigenvalue weighted by molar-refractivity contribution is -0.277. The summed E-state index contributed by atoms with van der Waals surface area (Å²) in [4.78, 5) is 12.7. The van der Waals surface area contributed by atoms with Gasteiger partial charge in [-0.1, -0.05) is 12.1 Å². The molecule has 4 rings (SSSR count). The zero-order valence-electron chi connectivity index (χ0n) is 16.2. The molecule has 31 heavy (non-hydrogen) atoms. The fraction of sp³-hybridized carbons (Fsp3) is 0.381. The molecule has 0 spiro atoms. The molecule has 1 fully saturated rings. The van der Waals surface area contributed by atoms with Gasteiger partial charge < -0.3 is 44.8 Å². The van der Waals surface area contributed by atoms with Gasteiger partial charge in [-0.3, -0.25) is 4.79 Å². The summed E-state index contributed by atoms with van der Waals surface area (Å²) in [6.45, 7) is -0.629. The molecule has 2 heterocycles. The van der Waals surface area contributed by atoms with Crippen LogP contribution in [0.4, 0.5) is 0 Å². The van der Waals surface area contributed by atoms with Crippen molar-refractivity contribution in [2.24, 2.45) is 0 Å². The van der Waals surface area contributed by atoms with Gasteiger partial charge >= 0.3 is 0 Å². The van der Waals surface area contributed by atoms with E-state index in [4.69, 9.17) is 14.2 Å². The van der Waals surface area contributed by atoms with E-state index < -0.39 is 49.2 Å². The first-order valence-corrected chi connectivity index (χ1v) is 9.62. The highest BCUT2D eigenvalue weighted by atomic mass is 16.7. The topological polar surface area (TPSA) is 166 Å². The maximum atomic E-state index is 12.7. The van der Waals surface area contributed by atoms with E-state index in [-0.39, 0.29) is 35.0 Å². The van der Waals surface area contributed by atoms with Crippen LogP contribution in [0.15, 0.2) is 36.4 Å². The molecule has 6 N–H and O–H groups in total. The van der Waals surface area contributed by atoms with E-state index in [1.54, 1.807) is 12.1 Å². The van der Waals surface area contributed by atoms with Gasteiger partial charge in [-0.2, -0.15) is 0 Å². The Hall–Kier alpha value is -2.89. The van der Waals surface area contributed by atoms with Gasteiger partial charge in [0.2, 0.25) is 6.29 Å². The van der Waals surface area contributed by atoms with Crippen LogP contribution in [0.2, 0.25) is 0 Å². The molecule has 10 nitrogen and oxygen atoms in total. The van der Waals surface area contributed by atoms with Crippen LogP contribution in [0.3, 0.4) is 0 Å². The Kier molecular flexibility index (Phi) is 5.73. The highest BCUT2D eigenvalue weighted by Crippen LogP contribution is 2.45. The quantitative estimate of drug-likeness (QED) is 0.385. The summed E-state index contributed by atoms with van der Waals surface area (Å²) >= 11 is 0. The minimum Gasteiger partial charge on any atom is -0.508 e. The molecule has 1 saturated heterocycles. The van der Waals surface area contributed by atoms with E-state index in [2.05, 4.69) is 0 Å². The number of phenolic OH excluding ortho intramolecular Hbond substituents is 2. The summed E-state index contributed by atoms with van der Waals surface area (Å²) in [7, 11) is 0. The van der Waals surface area contributed by atoms with Crippen molar-refractivity contribution in [3.63, 3.8) is 0 Å². The van der Waals surface area contributed by atoms with Gasteiger partial charge in [0.1, 0.15) is 47.6 Å². The van der Waals surface area contributed by atoms with Crippen LogP contribution in [0, 0.1) is 0 Å². The van der Waals surface area contributed by atoms with Crippen molar-refractivity contribution in [2.45, 2.75) is 43.2 Å². The highest BCUT2D eigenvalue weighted by Gasteiger charge is 2.45. The van der Waals surface area contributed by atoms with E-state index in [0.717, 1.165) is 0 Å². The molecule has 0 radical (unpaired) electrons. The fourth-order valence-corrected chi connectivity index (χ4v) is 3.65. The number of hydrogen-bond acceptors (Lipinski definition) is 10. The molecule has 2 aromatic carbocycles. The van der Waals surface area contributed by atoms with Crippen LogP contribution in [0.25, 0.3) is 0 Å². The van der Waals surface area contributed by atoms with Gasteiger partial charge in [-0.05, 0) is 29.8 Å². The van der Waals surface area contributed by atoms with Crippen molar-refractivity contribution < 1.29 is 49.6 Å². The number of aromatic hydroxyl groups is 2. The van der Waals surface area contributed by atoms with Crippen LogP contribution < -0.4 is 9.47 Å². The zero-order chi connectivity index (χ0) is 22.3. The van der Waals surface area contributed by atoms with E-state index in [9.17, 15) is 35.4 Å². The maximum absolute atomic E-state index is 12.7. The summed E-state index contributed by atoms with van der Waals surface area (Å²) < 4.78 is 16.9. The maximum Gasteiger partial charge on any atom is 0.229 e. The third kappa shape index (κ3) is 3.91. The molecule has 0 aromatic heterocycles. The second kappa shape index (κ2) is 8.33. The second-order valence-corrected chi connectivity index (χ2v) is 7.43. The number of rotatable bonds is 4. The SMILES string of the molecule is O=C1CC(c2ccc(O)cc2)Oc2c(OC3OC(CO)C(O)C(O)C3O)ccc(O)c21. The summed E-state index contributed by atoms with van der Waals surface area (Å²) in [5, 5.41) is 59.1. The highest BCUT2D eigenvalue weighted by molar-refractivity contribution is 6.03. The number of ether oxygens (including phenoxy) is 3. The monoisotopic (exact) mass is 434 g/mol. The lowest BCUT2D eigenvalue weighted by atomic mass is 9.95. The lowest BCUT2D eigenvalue weighted by Gasteiger charge is -2.40. The number of Topliss-reactive ketones (excluding diaryl/α,β-unsaturated/α-hetero) is 1. The Morgan fingerprint density at radius 1 is 0.968 bits per heavy atom. The van der Waals surface area contributed by atoms with Crippen LogP contribution in [-0.2, 0) is 4.74 Å². The average Bonchev–Trinajstić information content (AvgIpc) is 2.76. The fourth-order valence-electron chi connectivity index (χ4n) is 3.65. The van der Waals surface area contributed by atoms with Crippen molar-refractivity contribution in [3.8, 4) is 23.0 Å². The lowest BCUT2D eigenvalue weighted by Crippen LogP contribution is -2.60. The summed E-state index contributed by atoms with van der Waals surface area (Å²) in [6, 6.07) is 8.62. The summed E-state index contributed by atoms with van der Waals surface area (Å²) in [6.07, 6.45) is -8.30. The standard InChI is InChI=1S/C21H22O10/c22-8-15-17(26)18(27)19(28)21(31-15)30-13-6-5-11(24)16-12(25)7-14(29-20(13)16)9-1-3-10(23)4-2-9/h1-6,14-15,17-19,21-24,26-28H,7-8H2. The zero-order valence-corrected chi connectivity index (χ0v) is 16.2. The van der Waals surface area contributed by atoms with Crippen molar-refractivity contribution in [3.05, 3.63) is 47.5 Å². The molecule has 0 amide bonds. The number of ketones is 1. The average molecular weight is 434 g/mol. The van der Waals surface area contributed by atoms with Gasteiger partial charge in [-0.25, -0.2) is 0 Å². The van der Waals surface area contributed by atoms with Gasteiger partial charge in [0.25, 0.3) is 0 Å². The second-order valence-electron chi connectivity index (χ2n) is 7.43. The molecular weight excluding hydrogens is 412 g/mol. The smallest absolute Gasteiger partial charge is 0.229 e. The normalized spacial score (nSPS) is 30.4. The number of phenols is 2. The molecule has 0 aliphatic carbocycles. The first-order valence-electron chi connectivity index (χ1n) is 9.62. The molecule has 0 bridgehead atoms. The van der Waals surface area contributed by atoms with E-state index in [1.807, 2.05) is 0 Å². The first-order chi connectivity index (χ1) is 14.8. The number of carbonyl (C=O) groups is 1. The largest absolute Gasteiger partial charge is 0.508 e. The van der Waals surface area contributed by atoms with Crippen molar-refractivity contribution >= 4 is 5.78 Å². The molecular formula is C21H22O10. The van der Waals surface area contributed by atoms with Crippen LogP contribution in [-0.4, -0.2) is 73.7 Å². The summed E-state index contributed by atoms with van der Waals surface area (Å²) in [5.41, 5.74) is 0.510. The van der Waals surface area contributed by atoms with Crippen LogP contribution in [0.1, 0.15) is 28.4 Å². The van der Waals surface area contributed by atoms with E-state index >= 15 is 0 Å². The number of hydrogen-bond donors (Lipinski definition) is 6. The molecule has 166 valence electrons. The van der Waals surface area contributed by atoms with Gasteiger partial charge in [0, 0.05) is 0 Å². The molecule has 2 aromatic rings. The number of carbonyl (C=O) groups excluding carboxylic acids is 1. The molecule has 0 saturated carbocycles. The Labute approximate surface area is 176 Å². The number of fused-ring (bicyclic) bond motifs is 1. The predicted octanol–water partition coefficient (Wildman–Crippen LogP) is -0.0170. The van der Waals surface area contributed by atoms with Gasteiger partial charge in [-0.15, -0.1) is 0 Å². The Morgan fingerprint density at radius 3 is 2.35 bits per heavy atom. The molecule has 2 aliphatic rings. The third-order valence-electron chi connectivity index (χ3n) is 5.37. The number of aliphatic hydroxyl groups excluding tert-OH is 4. The Balaban J connectivity index is 1.66. The van der Waals surface area contributed by atoms with E-state index in [0.29, 0.717) is 5.56 Å². The number of aliphatic hydroxyl groups is 4. The molecule has 2 aliphatic heterocycles. The van der Waals surface area contributed by atoms with E-state index in [1.165, 1.54) is 24.3 Å². The summed E-state index contributed by atoms with van der Waals surface area (Å²) in [5.74, 6) is -0.794. The Bertz CT molecular complexity index is 957. The van der Waals surface area contributed by atoms with Crippen molar-refractivity contribution in [1.29, 1.82) is 0 Å². The Morgan fingerprint density at radius 2 is 1.68 bits per heavy atom. The minimum absolute atomic E-state index is 0.0473. The van der Waals surface area contributed by atoms with Crippen molar-refractivity contribution in [1.82, 2.24) is 0 Å². The third-order valence-corrected chi connectivity index (χ3v) is 5.37.